The van der Waals surface area contributed by atoms with Crippen molar-refractivity contribution in [1.82, 2.24) is 19.6 Å². The SMILES string of the molecule is CCn1cc(CN2CCCC[C@H]3CN(C(=O)c4cccc(OC)c4OC)C[C@H]32)cn1. The Morgan fingerprint density at radius 2 is 2.07 bits per heavy atom. The van der Waals surface area contributed by atoms with Gasteiger partial charge in [-0.2, -0.15) is 5.10 Å². The first kappa shape index (κ1) is 20.7. The minimum Gasteiger partial charge on any atom is -0.493 e. The number of nitrogens with zero attached hydrogens (tertiary/aromatic N) is 4. The lowest BCUT2D eigenvalue weighted by Gasteiger charge is -2.29. The van der Waals surface area contributed by atoms with Gasteiger partial charge in [-0.1, -0.05) is 12.5 Å². The second-order valence-corrected chi connectivity index (χ2v) is 8.25. The van der Waals surface area contributed by atoms with Gasteiger partial charge in [0.1, 0.15) is 0 Å². The van der Waals surface area contributed by atoms with E-state index in [1.165, 1.54) is 24.8 Å². The predicted molar refractivity (Wildman–Crippen MR) is 115 cm³/mol. The van der Waals surface area contributed by atoms with E-state index in [4.69, 9.17) is 9.47 Å². The summed E-state index contributed by atoms with van der Waals surface area (Å²) >= 11 is 0. The molecule has 2 atom stereocenters. The first-order chi connectivity index (χ1) is 14.6. The van der Waals surface area contributed by atoms with Gasteiger partial charge < -0.3 is 14.4 Å². The van der Waals surface area contributed by atoms with Crippen LogP contribution >= 0.6 is 0 Å². The number of likely N-dealkylation sites (tertiary alicyclic amines) is 2. The number of aromatic nitrogens is 2. The number of para-hydroxylation sites is 1. The molecule has 0 aliphatic carbocycles. The van der Waals surface area contributed by atoms with Crippen LogP contribution in [0.4, 0.5) is 0 Å². The van der Waals surface area contributed by atoms with E-state index >= 15 is 0 Å². The summed E-state index contributed by atoms with van der Waals surface area (Å²) in [7, 11) is 3.18. The number of aryl methyl sites for hydroxylation is 1. The summed E-state index contributed by atoms with van der Waals surface area (Å²) in [5.41, 5.74) is 1.82. The molecule has 0 radical (unpaired) electrons. The molecule has 0 spiro atoms. The lowest BCUT2D eigenvalue weighted by molar-refractivity contribution is 0.0769. The summed E-state index contributed by atoms with van der Waals surface area (Å²) in [6, 6.07) is 5.88. The Labute approximate surface area is 178 Å². The molecule has 2 fully saturated rings. The van der Waals surface area contributed by atoms with Crippen molar-refractivity contribution in [1.29, 1.82) is 0 Å². The first-order valence-corrected chi connectivity index (χ1v) is 10.9. The largest absolute Gasteiger partial charge is 0.493 e. The zero-order valence-electron chi connectivity index (χ0n) is 18.2. The van der Waals surface area contributed by atoms with Gasteiger partial charge in [-0.3, -0.25) is 14.4 Å². The number of carbonyl (C=O) groups excluding carboxylic acids is 1. The molecule has 1 amide bonds. The van der Waals surface area contributed by atoms with Crippen LogP contribution in [-0.2, 0) is 13.1 Å². The minimum absolute atomic E-state index is 0.0255. The lowest BCUT2D eigenvalue weighted by Crippen LogP contribution is -2.40. The van der Waals surface area contributed by atoms with Crippen LogP contribution in [-0.4, -0.2) is 65.4 Å². The molecule has 162 valence electrons. The van der Waals surface area contributed by atoms with E-state index in [0.717, 1.165) is 32.7 Å². The number of carbonyl (C=O) groups is 1. The zero-order chi connectivity index (χ0) is 21.1. The number of rotatable bonds is 6. The number of benzene rings is 1. The molecule has 1 aromatic carbocycles. The molecular weight excluding hydrogens is 380 g/mol. The molecule has 7 heteroatoms. The number of ether oxygens (including phenoxy) is 2. The van der Waals surface area contributed by atoms with Gasteiger partial charge >= 0.3 is 0 Å². The minimum atomic E-state index is 0.0255. The van der Waals surface area contributed by atoms with E-state index < -0.39 is 0 Å². The molecule has 7 nitrogen and oxygen atoms in total. The molecular formula is C23H32N4O3. The Morgan fingerprint density at radius 1 is 1.20 bits per heavy atom. The summed E-state index contributed by atoms with van der Waals surface area (Å²) in [5, 5.41) is 4.43. The fourth-order valence-corrected chi connectivity index (χ4v) is 4.92. The highest BCUT2D eigenvalue weighted by Gasteiger charge is 2.40. The Hall–Kier alpha value is -2.54. The van der Waals surface area contributed by atoms with Crippen molar-refractivity contribution >= 4 is 5.91 Å². The van der Waals surface area contributed by atoms with Gasteiger partial charge in [0, 0.05) is 44.0 Å². The molecule has 2 saturated heterocycles. The van der Waals surface area contributed by atoms with Gasteiger partial charge in [0.2, 0.25) is 0 Å². The maximum atomic E-state index is 13.4. The van der Waals surface area contributed by atoms with Gasteiger partial charge in [-0.25, -0.2) is 0 Å². The smallest absolute Gasteiger partial charge is 0.257 e. The molecule has 1 aromatic heterocycles. The highest BCUT2D eigenvalue weighted by Crippen LogP contribution is 2.35. The van der Waals surface area contributed by atoms with Crippen LogP contribution in [0.1, 0.15) is 42.1 Å². The molecule has 3 heterocycles. The fourth-order valence-electron chi connectivity index (χ4n) is 4.92. The molecule has 4 rings (SSSR count). The van der Waals surface area contributed by atoms with E-state index in [-0.39, 0.29) is 5.91 Å². The highest BCUT2D eigenvalue weighted by molar-refractivity contribution is 5.98. The monoisotopic (exact) mass is 412 g/mol. The van der Waals surface area contributed by atoms with Crippen LogP contribution in [0.5, 0.6) is 11.5 Å². The summed E-state index contributed by atoms with van der Waals surface area (Å²) in [5.74, 6) is 1.64. The van der Waals surface area contributed by atoms with Gasteiger partial charge in [-0.15, -0.1) is 0 Å². The summed E-state index contributed by atoms with van der Waals surface area (Å²) in [6.45, 7) is 6.51. The topological polar surface area (TPSA) is 59.8 Å². The fraction of sp³-hybridized carbons (Fsp3) is 0.565. The van der Waals surface area contributed by atoms with Crippen LogP contribution in [0.2, 0.25) is 0 Å². The van der Waals surface area contributed by atoms with E-state index in [2.05, 4.69) is 23.1 Å². The Bertz CT molecular complexity index is 881. The number of hydrogen-bond acceptors (Lipinski definition) is 5. The maximum absolute atomic E-state index is 13.4. The third-order valence-electron chi connectivity index (χ3n) is 6.46. The number of fused-ring (bicyclic) bond motifs is 1. The standard InChI is InChI=1S/C23H32N4O3/c1-4-27-14-17(12-24-27)13-25-11-6-5-8-18-15-26(16-20(18)25)23(28)19-9-7-10-21(29-2)22(19)30-3/h7,9-10,12,14,18,20H,4-6,8,11,13,15-16H2,1-3H3/t18-,20+/m0/s1. The molecule has 0 bridgehead atoms. The summed E-state index contributed by atoms with van der Waals surface area (Å²) in [6.07, 6.45) is 7.72. The lowest BCUT2D eigenvalue weighted by atomic mass is 9.98. The van der Waals surface area contributed by atoms with E-state index in [1.807, 2.05) is 34.0 Å². The average Bonchev–Trinajstić information content (AvgIpc) is 3.37. The zero-order valence-corrected chi connectivity index (χ0v) is 18.2. The van der Waals surface area contributed by atoms with Crippen LogP contribution in [0.3, 0.4) is 0 Å². The van der Waals surface area contributed by atoms with Gasteiger partial charge in [0.25, 0.3) is 5.91 Å². The Balaban J connectivity index is 1.52. The van der Waals surface area contributed by atoms with Crippen molar-refractivity contribution in [2.75, 3.05) is 33.9 Å². The van der Waals surface area contributed by atoms with Crippen LogP contribution in [0.25, 0.3) is 0 Å². The average molecular weight is 413 g/mol. The van der Waals surface area contributed by atoms with Gasteiger partial charge in [0.05, 0.1) is 26.0 Å². The third kappa shape index (κ3) is 4.03. The molecule has 2 aromatic rings. The Morgan fingerprint density at radius 3 is 2.80 bits per heavy atom. The molecule has 30 heavy (non-hydrogen) atoms. The molecule has 2 aliphatic heterocycles. The third-order valence-corrected chi connectivity index (χ3v) is 6.46. The van der Waals surface area contributed by atoms with Crippen molar-refractivity contribution in [3.63, 3.8) is 0 Å². The first-order valence-electron chi connectivity index (χ1n) is 10.9. The Kier molecular flexibility index (Phi) is 6.27. The maximum Gasteiger partial charge on any atom is 0.257 e. The van der Waals surface area contributed by atoms with E-state index in [1.54, 1.807) is 14.2 Å². The normalized spacial score (nSPS) is 21.9. The van der Waals surface area contributed by atoms with Crippen molar-refractivity contribution in [3.8, 4) is 11.5 Å². The van der Waals surface area contributed by atoms with Crippen molar-refractivity contribution < 1.29 is 14.3 Å². The molecule has 2 aliphatic rings. The van der Waals surface area contributed by atoms with Crippen molar-refractivity contribution in [3.05, 3.63) is 41.7 Å². The predicted octanol–water partition coefficient (Wildman–Crippen LogP) is 3.05. The molecule has 0 unspecified atom stereocenters. The second kappa shape index (κ2) is 9.08. The van der Waals surface area contributed by atoms with E-state index in [9.17, 15) is 4.79 Å². The second-order valence-electron chi connectivity index (χ2n) is 8.25. The molecule has 0 N–H and O–H groups in total. The van der Waals surface area contributed by atoms with E-state index in [0.29, 0.717) is 29.0 Å². The number of methoxy groups -OCH3 is 2. The van der Waals surface area contributed by atoms with Gasteiger partial charge in [-0.05, 0) is 44.4 Å². The van der Waals surface area contributed by atoms with Gasteiger partial charge in [0.15, 0.2) is 11.5 Å². The summed E-state index contributed by atoms with van der Waals surface area (Å²) in [4.78, 5) is 18.0. The van der Waals surface area contributed by atoms with Crippen molar-refractivity contribution in [2.24, 2.45) is 5.92 Å². The quantitative estimate of drug-likeness (QED) is 0.730. The van der Waals surface area contributed by atoms with Crippen LogP contribution < -0.4 is 9.47 Å². The summed E-state index contributed by atoms with van der Waals surface area (Å²) < 4.78 is 12.9. The number of hydrogen-bond donors (Lipinski definition) is 0. The van der Waals surface area contributed by atoms with Crippen LogP contribution in [0.15, 0.2) is 30.6 Å². The number of amides is 1. The van der Waals surface area contributed by atoms with Crippen molar-refractivity contribution in [2.45, 2.75) is 45.3 Å². The highest BCUT2D eigenvalue weighted by atomic mass is 16.5. The molecule has 0 saturated carbocycles. The van der Waals surface area contributed by atoms with Crippen LogP contribution in [0, 0.1) is 5.92 Å².